The highest BCUT2D eigenvalue weighted by Crippen LogP contribution is 2.30. The molecule has 6 nitrogen and oxygen atoms in total. The molecule has 2 atom stereocenters. The van der Waals surface area contributed by atoms with E-state index in [2.05, 4.69) is 11.9 Å². The molecule has 0 aromatic heterocycles. The summed E-state index contributed by atoms with van der Waals surface area (Å²) < 4.78 is 4.83. The van der Waals surface area contributed by atoms with Gasteiger partial charge >= 0.3 is 6.09 Å². The fraction of sp³-hybridized carbons (Fsp3) is 0.833. The van der Waals surface area contributed by atoms with Crippen molar-refractivity contribution in [1.29, 1.82) is 0 Å². The van der Waals surface area contributed by atoms with Crippen molar-refractivity contribution in [2.24, 2.45) is 11.8 Å². The van der Waals surface area contributed by atoms with Gasteiger partial charge in [-0.1, -0.05) is 0 Å². The van der Waals surface area contributed by atoms with Crippen LogP contribution in [0.5, 0.6) is 0 Å². The standard InChI is InChI=1S/C12H19N3O3/c1-13-4-9-6-15(7-10(9)5-13)11(16)8-14-2-3-18-12(14)17/h9-10H,2-8H2,1H3. The van der Waals surface area contributed by atoms with E-state index in [1.807, 2.05) is 4.90 Å². The third kappa shape index (κ3) is 2.05. The second kappa shape index (κ2) is 4.42. The minimum atomic E-state index is -0.359. The normalized spacial score (nSPS) is 31.9. The van der Waals surface area contributed by atoms with Gasteiger partial charge in [-0.2, -0.15) is 0 Å². The van der Waals surface area contributed by atoms with E-state index in [4.69, 9.17) is 4.74 Å². The summed E-state index contributed by atoms with van der Waals surface area (Å²) in [4.78, 5) is 29.1. The molecule has 3 aliphatic heterocycles. The van der Waals surface area contributed by atoms with Crippen molar-refractivity contribution in [3.63, 3.8) is 0 Å². The summed E-state index contributed by atoms with van der Waals surface area (Å²) in [7, 11) is 2.13. The van der Waals surface area contributed by atoms with E-state index >= 15 is 0 Å². The molecule has 3 saturated heterocycles. The Morgan fingerprint density at radius 2 is 1.94 bits per heavy atom. The number of amides is 2. The van der Waals surface area contributed by atoms with Crippen molar-refractivity contribution in [3.8, 4) is 0 Å². The van der Waals surface area contributed by atoms with Gasteiger partial charge in [-0.3, -0.25) is 9.69 Å². The molecule has 3 aliphatic rings. The first-order chi connectivity index (χ1) is 8.63. The summed E-state index contributed by atoms with van der Waals surface area (Å²) in [6, 6.07) is 0. The average molecular weight is 253 g/mol. The van der Waals surface area contributed by atoms with E-state index < -0.39 is 0 Å². The maximum atomic E-state index is 12.1. The van der Waals surface area contributed by atoms with Crippen molar-refractivity contribution >= 4 is 12.0 Å². The van der Waals surface area contributed by atoms with Crippen LogP contribution in [0.1, 0.15) is 0 Å². The van der Waals surface area contributed by atoms with Crippen LogP contribution < -0.4 is 0 Å². The van der Waals surface area contributed by atoms with Gasteiger partial charge in [-0.25, -0.2) is 4.79 Å². The third-order valence-corrected chi connectivity index (χ3v) is 4.19. The van der Waals surface area contributed by atoms with E-state index in [9.17, 15) is 9.59 Å². The Kier molecular flexibility index (Phi) is 2.89. The average Bonchev–Trinajstić information content (AvgIpc) is 2.94. The highest BCUT2D eigenvalue weighted by Gasteiger charge is 2.40. The van der Waals surface area contributed by atoms with Crippen LogP contribution in [0.2, 0.25) is 0 Å². The number of carbonyl (C=O) groups is 2. The molecule has 0 bridgehead atoms. The third-order valence-electron chi connectivity index (χ3n) is 4.19. The monoisotopic (exact) mass is 253 g/mol. The number of fused-ring (bicyclic) bond motifs is 1. The molecule has 0 aromatic carbocycles. The number of hydrogen-bond donors (Lipinski definition) is 0. The van der Waals surface area contributed by atoms with Crippen molar-refractivity contribution < 1.29 is 14.3 Å². The molecule has 18 heavy (non-hydrogen) atoms. The van der Waals surface area contributed by atoms with E-state index in [0.717, 1.165) is 26.2 Å². The molecule has 0 N–H and O–H groups in total. The van der Waals surface area contributed by atoms with Crippen LogP contribution in [0.15, 0.2) is 0 Å². The summed E-state index contributed by atoms with van der Waals surface area (Å²) in [6.07, 6.45) is -0.359. The van der Waals surface area contributed by atoms with Crippen LogP contribution in [0.4, 0.5) is 4.79 Å². The lowest BCUT2D eigenvalue weighted by Crippen LogP contribution is -2.40. The fourth-order valence-corrected chi connectivity index (χ4v) is 3.26. The fourth-order valence-electron chi connectivity index (χ4n) is 3.26. The van der Waals surface area contributed by atoms with Gasteiger partial charge in [-0.15, -0.1) is 0 Å². The van der Waals surface area contributed by atoms with E-state index in [0.29, 0.717) is 25.0 Å². The maximum absolute atomic E-state index is 12.1. The van der Waals surface area contributed by atoms with Crippen LogP contribution in [0.25, 0.3) is 0 Å². The van der Waals surface area contributed by atoms with Gasteiger partial charge in [-0.05, 0) is 18.9 Å². The molecule has 6 heteroatoms. The van der Waals surface area contributed by atoms with E-state index in [1.165, 1.54) is 4.90 Å². The summed E-state index contributed by atoms with van der Waals surface area (Å²) in [5.74, 6) is 1.29. The summed E-state index contributed by atoms with van der Waals surface area (Å²) >= 11 is 0. The van der Waals surface area contributed by atoms with Gasteiger partial charge in [0.15, 0.2) is 0 Å². The zero-order valence-electron chi connectivity index (χ0n) is 10.7. The lowest BCUT2D eigenvalue weighted by molar-refractivity contribution is -0.131. The van der Waals surface area contributed by atoms with Crippen LogP contribution in [-0.4, -0.2) is 79.6 Å². The Morgan fingerprint density at radius 3 is 2.50 bits per heavy atom. The van der Waals surface area contributed by atoms with Crippen LogP contribution in [0.3, 0.4) is 0 Å². The van der Waals surface area contributed by atoms with E-state index in [1.54, 1.807) is 0 Å². The summed E-state index contributed by atoms with van der Waals surface area (Å²) in [6.45, 7) is 4.97. The number of rotatable bonds is 2. The lowest BCUT2D eigenvalue weighted by Gasteiger charge is -2.21. The number of carbonyl (C=O) groups excluding carboxylic acids is 2. The molecule has 0 spiro atoms. The van der Waals surface area contributed by atoms with Crippen LogP contribution >= 0.6 is 0 Å². The van der Waals surface area contributed by atoms with Gasteiger partial charge in [0.2, 0.25) is 5.91 Å². The predicted molar refractivity (Wildman–Crippen MR) is 64.0 cm³/mol. The van der Waals surface area contributed by atoms with Gasteiger partial charge in [0.05, 0.1) is 6.54 Å². The first kappa shape index (κ1) is 11.8. The molecule has 0 aliphatic carbocycles. The minimum absolute atomic E-state index is 0.0610. The van der Waals surface area contributed by atoms with Gasteiger partial charge in [0, 0.05) is 26.2 Å². The lowest BCUT2D eigenvalue weighted by atomic mass is 10.0. The topological polar surface area (TPSA) is 53.1 Å². The number of likely N-dealkylation sites (tertiary alicyclic amines) is 2. The molecule has 3 fully saturated rings. The number of nitrogens with zero attached hydrogens (tertiary/aromatic N) is 3. The highest BCUT2D eigenvalue weighted by molar-refractivity contribution is 5.83. The Morgan fingerprint density at radius 1 is 1.28 bits per heavy atom. The molecule has 0 aromatic rings. The Bertz CT molecular complexity index is 360. The first-order valence-electron chi connectivity index (χ1n) is 6.51. The second-order valence-electron chi connectivity index (χ2n) is 5.58. The summed E-state index contributed by atoms with van der Waals surface area (Å²) in [5.41, 5.74) is 0. The maximum Gasteiger partial charge on any atom is 0.410 e. The van der Waals surface area contributed by atoms with Gasteiger partial charge in [0.25, 0.3) is 0 Å². The number of cyclic esters (lactones) is 1. The quantitative estimate of drug-likeness (QED) is 0.663. The second-order valence-corrected chi connectivity index (χ2v) is 5.58. The minimum Gasteiger partial charge on any atom is -0.448 e. The number of ether oxygens (including phenoxy) is 1. The Balaban J connectivity index is 1.54. The molecular formula is C12H19N3O3. The molecular weight excluding hydrogens is 234 g/mol. The molecule has 100 valence electrons. The van der Waals surface area contributed by atoms with Crippen LogP contribution in [0, 0.1) is 11.8 Å². The summed E-state index contributed by atoms with van der Waals surface area (Å²) in [5, 5.41) is 0. The Labute approximate surface area is 106 Å². The van der Waals surface area contributed by atoms with E-state index in [-0.39, 0.29) is 18.5 Å². The zero-order valence-corrected chi connectivity index (χ0v) is 10.7. The van der Waals surface area contributed by atoms with Crippen molar-refractivity contribution in [1.82, 2.24) is 14.7 Å². The smallest absolute Gasteiger partial charge is 0.410 e. The molecule has 0 saturated carbocycles. The SMILES string of the molecule is CN1CC2CN(C(=O)CN3CCOC3=O)CC2C1. The Hall–Kier alpha value is -1.30. The molecule has 3 rings (SSSR count). The molecule has 0 radical (unpaired) electrons. The molecule has 2 amide bonds. The van der Waals surface area contributed by atoms with Crippen molar-refractivity contribution in [2.45, 2.75) is 0 Å². The molecule has 3 heterocycles. The van der Waals surface area contributed by atoms with Gasteiger partial charge < -0.3 is 14.5 Å². The first-order valence-corrected chi connectivity index (χ1v) is 6.51. The van der Waals surface area contributed by atoms with Gasteiger partial charge in [0.1, 0.15) is 13.2 Å². The molecule has 2 unspecified atom stereocenters. The predicted octanol–water partition coefficient (Wildman–Crippen LogP) is -0.541. The van der Waals surface area contributed by atoms with Crippen molar-refractivity contribution in [3.05, 3.63) is 0 Å². The highest BCUT2D eigenvalue weighted by atomic mass is 16.6. The largest absolute Gasteiger partial charge is 0.448 e. The zero-order chi connectivity index (χ0) is 12.7. The number of hydrogen-bond acceptors (Lipinski definition) is 4. The van der Waals surface area contributed by atoms with Crippen molar-refractivity contribution in [2.75, 3.05) is 52.9 Å². The van der Waals surface area contributed by atoms with Crippen LogP contribution in [-0.2, 0) is 9.53 Å².